The molecule has 2 N–H and O–H groups in total. The summed E-state index contributed by atoms with van der Waals surface area (Å²) in [6.07, 6.45) is 5.04. The largest absolute Gasteiger partial charge is 0.508 e. The summed E-state index contributed by atoms with van der Waals surface area (Å²) in [5.74, 6) is 0.546. The van der Waals surface area contributed by atoms with Gasteiger partial charge in [-0.2, -0.15) is 0 Å². The first kappa shape index (κ1) is 15.2. The Balaban J connectivity index is 2.07. The minimum absolute atomic E-state index is 0.00694. The molecule has 0 heterocycles. The van der Waals surface area contributed by atoms with Gasteiger partial charge in [0.25, 0.3) is 0 Å². The summed E-state index contributed by atoms with van der Waals surface area (Å²) in [5.41, 5.74) is 3.65. The lowest BCUT2D eigenvalue weighted by Crippen LogP contribution is -2.28. The maximum Gasteiger partial charge on any atom is 0.117 e. The van der Waals surface area contributed by atoms with Gasteiger partial charge in [-0.05, 0) is 73.1 Å². The van der Waals surface area contributed by atoms with Crippen LogP contribution in [0, 0.1) is 0 Å². The Labute approximate surface area is 136 Å². The number of hydrogen-bond acceptors (Lipinski definition) is 2. The highest BCUT2D eigenvalue weighted by atomic mass is 35.5. The van der Waals surface area contributed by atoms with Crippen molar-refractivity contribution in [2.24, 2.45) is 0 Å². The molecule has 1 unspecified atom stereocenters. The molecule has 0 saturated carbocycles. The van der Waals surface area contributed by atoms with Crippen LogP contribution in [-0.4, -0.2) is 10.2 Å². The molecule has 0 bridgehead atoms. The Kier molecular flexibility index (Phi) is 4.05. The number of aromatic hydroxyl groups is 2. The Hall–Kier alpha value is -1.67. The Morgan fingerprint density at radius 3 is 2.50 bits per heavy atom. The molecule has 2 aromatic rings. The highest BCUT2D eigenvalue weighted by molar-refractivity contribution is 6.31. The summed E-state index contributed by atoms with van der Waals surface area (Å²) < 4.78 is 0. The normalized spacial score (nSPS) is 21.2. The predicted octanol–water partition coefficient (Wildman–Crippen LogP) is 4.98. The van der Waals surface area contributed by atoms with E-state index in [9.17, 15) is 10.2 Å². The van der Waals surface area contributed by atoms with Crippen LogP contribution in [0.15, 0.2) is 36.4 Å². The quantitative estimate of drug-likeness (QED) is 0.767. The summed E-state index contributed by atoms with van der Waals surface area (Å²) >= 11 is 6.44. The van der Waals surface area contributed by atoms with Crippen molar-refractivity contribution in [1.82, 2.24) is 0 Å². The van der Waals surface area contributed by atoms with Crippen LogP contribution in [0.2, 0.25) is 5.02 Å². The molecule has 0 aromatic heterocycles. The van der Waals surface area contributed by atoms with Crippen LogP contribution in [0.1, 0.15) is 42.9 Å². The van der Waals surface area contributed by atoms with E-state index in [2.05, 4.69) is 6.92 Å². The summed E-state index contributed by atoms with van der Waals surface area (Å²) in [4.78, 5) is 0. The smallest absolute Gasteiger partial charge is 0.117 e. The summed E-state index contributed by atoms with van der Waals surface area (Å²) in [6, 6.07) is 11.0. The number of aryl methyl sites for hydroxylation is 1. The zero-order chi connectivity index (χ0) is 15.7. The molecule has 0 aliphatic heterocycles. The van der Waals surface area contributed by atoms with Crippen molar-refractivity contribution in [2.45, 2.75) is 44.4 Å². The van der Waals surface area contributed by atoms with Crippen molar-refractivity contribution >= 4 is 11.6 Å². The van der Waals surface area contributed by atoms with Gasteiger partial charge in [-0.1, -0.05) is 30.7 Å². The number of phenolic OH excluding ortho intramolecular Hbond substituents is 2. The molecule has 2 nitrogen and oxygen atoms in total. The van der Waals surface area contributed by atoms with Crippen LogP contribution in [0.3, 0.4) is 0 Å². The van der Waals surface area contributed by atoms with Gasteiger partial charge in [0.1, 0.15) is 11.5 Å². The molecule has 22 heavy (non-hydrogen) atoms. The van der Waals surface area contributed by atoms with Gasteiger partial charge >= 0.3 is 0 Å². The van der Waals surface area contributed by atoms with E-state index < -0.39 is 0 Å². The van der Waals surface area contributed by atoms with Crippen LogP contribution in [0.4, 0.5) is 0 Å². The molecule has 2 aromatic carbocycles. The molecular weight excluding hydrogens is 296 g/mol. The van der Waals surface area contributed by atoms with Crippen molar-refractivity contribution in [3.05, 3.63) is 58.1 Å². The molecule has 3 rings (SSSR count). The van der Waals surface area contributed by atoms with E-state index in [-0.39, 0.29) is 11.2 Å². The number of fused-ring (bicyclic) bond motifs is 1. The molecule has 3 heteroatoms. The molecular formula is C19H21ClO2. The standard InChI is InChI=1S/C19H21ClO2/c1-2-19(17-8-7-16(22)11-18(17)20)9-3-4-13-10-15(21)6-5-14(13)12-19/h5-8,10-11,21-22H,2-4,9,12H2,1H3. The molecule has 1 aliphatic rings. The third kappa shape index (κ3) is 2.68. The van der Waals surface area contributed by atoms with Crippen LogP contribution in [0.25, 0.3) is 0 Å². The summed E-state index contributed by atoms with van der Waals surface area (Å²) in [5, 5.41) is 20.0. The lowest BCUT2D eigenvalue weighted by molar-refractivity contribution is 0.374. The van der Waals surface area contributed by atoms with Crippen molar-refractivity contribution < 1.29 is 10.2 Å². The number of halogens is 1. The topological polar surface area (TPSA) is 40.5 Å². The van der Waals surface area contributed by atoms with Gasteiger partial charge in [-0.25, -0.2) is 0 Å². The average molecular weight is 317 g/mol. The molecule has 0 radical (unpaired) electrons. The lowest BCUT2D eigenvalue weighted by Gasteiger charge is -2.33. The monoisotopic (exact) mass is 316 g/mol. The first-order valence-electron chi connectivity index (χ1n) is 7.84. The zero-order valence-electron chi connectivity index (χ0n) is 12.8. The fourth-order valence-corrected chi connectivity index (χ4v) is 4.12. The van der Waals surface area contributed by atoms with Gasteiger partial charge in [0.05, 0.1) is 0 Å². The molecule has 1 aliphatic carbocycles. The maximum atomic E-state index is 9.71. The minimum Gasteiger partial charge on any atom is -0.508 e. The van der Waals surface area contributed by atoms with E-state index in [0.717, 1.165) is 37.7 Å². The van der Waals surface area contributed by atoms with Gasteiger partial charge in [-0.15, -0.1) is 0 Å². The third-order valence-corrected chi connectivity index (χ3v) is 5.33. The average Bonchev–Trinajstić information content (AvgIpc) is 2.66. The van der Waals surface area contributed by atoms with Crippen LogP contribution in [-0.2, 0) is 18.3 Å². The van der Waals surface area contributed by atoms with Crippen molar-refractivity contribution in [3.63, 3.8) is 0 Å². The minimum atomic E-state index is -0.00694. The second-order valence-electron chi connectivity index (χ2n) is 6.28. The van der Waals surface area contributed by atoms with E-state index in [4.69, 9.17) is 11.6 Å². The Morgan fingerprint density at radius 1 is 1.05 bits per heavy atom. The second-order valence-corrected chi connectivity index (χ2v) is 6.69. The van der Waals surface area contributed by atoms with Crippen LogP contribution in [0.5, 0.6) is 11.5 Å². The Bertz CT molecular complexity index is 696. The summed E-state index contributed by atoms with van der Waals surface area (Å²) in [7, 11) is 0. The molecule has 116 valence electrons. The second kappa shape index (κ2) is 5.85. The van der Waals surface area contributed by atoms with Crippen molar-refractivity contribution in [3.8, 4) is 11.5 Å². The highest BCUT2D eigenvalue weighted by Gasteiger charge is 2.34. The molecule has 0 saturated heterocycles. The van der Waals surface area contributed by atoms with E-state index in [1.807, 2.05) is 18.2 Å². The Morgan fingerprint density at radius 2 is 1.77 bits per heavy atom. The van der Waals surface area contributed by atoms with Gasteiger partial charge in [0, 0.05) is 10.4 Å². The van der Waals surface area contributed by atoms with Crippen molar-refractivity contribution in [1.29, 1.82) is 0 Å². The van der Waals surface area contributed by atoms with E-state index in [0.29, 0.717) is 10.8 Å². The van der Waals surface area contributed by atoms with E-state index in [1.165, 1.54) is 11.1 Å². The van der Waals surface area contributed by atoms with Crippen molar-refractivity contribution in [2.75, 3.05) is 0 Å². The maximum absolute atomic E-state index is 9.71. The van der Waals surface area contributed by atoms with E-state index in [1.54, 1.807) is 18.2 Å². The predicted molar refractivity (Wildman–Crippen MR) is 89.8 cm³/mol. The molecule has 1 atom stereocenters. The first-order valence-corrected chi connectivity index (χ1v) is 8.22. The van der Waals surface area contributed by atoms with Crippen LogP contribution < -0.4 is 0 Å². The fraction of sp³-hybridized carbons (Fsp3) is 0.368. The van der Waals surface area contributed by atoms with Gasteiger partial charge in [0.2, 0.25) is 0 Å². The fourth-order valence-electron chi connectivity index (χ4n) is 3.74. The zero-order valence-corrected chi connectivity index (χ0v) is 13.5. The van der Waals surface area contributed by atoms with Gasteiger partial charge < -0.3 is 10.2 Å². The number of phenols is 2. The molecule has 0 spiro atoms. The molecule has 0 amide bonds. The first-order chi connectivity index (χ1) is 10.5. The van der Waals surface area contributed by atoms with E-state index >= 15 is 0 Å². The number of rotatable bonds is 2. The third-order valence-electron chi connectivity index (χ3n) is 5.02. The van der Waals surface area contributed by atoms with Gasteiger partial charge in [0.15, 0.2) is 0 Å². The summed E-state index contributed by atoms with van der Waals surface area (Å²) in [6.45, 7) is 2.20. The van der Waals surface area contributed by atoms with Gasteiger partial charge in [-0.3, -0.25) is 0 Å². The number of hydrogen-bond donors (Lipinski definition) is 2. The lowest BCUT2D eigenvalue weighted by atomic mass is 9.71. The number of benzene rings is 2. The highest BCUT2D eigenvalue weighted by Crippen LogP contribution is 2.44. The SMILES string of the molecule is CCC1(c2ccc(O)cc2Cl)CCCc2cc(O)ccc2C1. The molecule has 0 fully saturated rings. The van der Waals surface area contributed by atoms with Crippen LogP contribution >= 0.6 is 11.6 Å².